The summed E-state index contributed by atoms with van der Waals surface area (Å²) in [5.74, 6) is 1.58. The maximum Gasteiger partial charge on any atom is 0.258 e. The van der Waals surface area contributed by atoms with E-state index in [1.54, 1.807) is 12.3 Å². The Morgan fingerprint density at radius 3 is 3.00 bits per heavy atom. The van der Waals surface area contributed by atoms with Crippen molar-refractivity contribution in [3.05, 3.63) is 44.9 Å². The van der Waals surface area contributed by atoms with Crippen LogP contribution >= 0.6 is 27.7 Å². The van der Waals surface area contributed by atoms with E-state index in [1.165, 1.54) is 41.5 Å². The average molecular weight is 424 g/mol. The Kier molecular flexibility index (Phi) is 6.17. The monoisotopic (exact) mass is 423 g/mol. The minimum absolute atomic E-state index is 0.0743. The number of hydrogen-bond acceptors (Lipinski definition) is 4. The fourth-order valence-corrected chi connectivity index (χ4v) is 4.29. The van der Waals surface area contributed by atoms with Gasteiger partial charge in [-0.05, 0) is 46.8 Å². The molecule has 1 fully saturated rings. The van der Waals surface area contributed by atoms with E-state index < -0.39 is 0 Å². The first kappa shape index (κ1) is 18.5. The van der Waals surface area contributed by atoms with E-state index in [4.69, 9.17) is 0 Å². The summed E-state index contributed by atoms with van der Waals surface area (Å²) in [7, 11) is 0. The number of carbonyl (C=O) groups is 1. The van der Waals surface area contributed by atoms with Crippen LogP contribution in [-0.2, 0) is 10.5 Å². The molecule has 2 aromatic heterocycles. The SMILES string of the molecule is CC1CCCCC1NC(=O)CSCc1cc(=O)n2cc(Br)ccc2n1. The minimum Gasteiger partial charge on any atom is -0.352 e. The fraction of sp³-hybridized carbons (Fsp3) is 0.500. The molecule has 2 heterocycles. The van der Waals surface area contributed by atoms with Gasteiger partial charge < -0.3 is 5.32 Å². The number of carbonyl (C=O) groups excluding carboxylic acids is 1. The summed E-state index contributed by atoms with van der Waals surface area (Å²) in [6.07, 6.45) is 6.45. The lowest BCUT2D eigenvalue weighted by Gasteiger charge is -2.29. The fourth-order valence-electron chi connectivity index (χ4n) is 3.23. The molecule has 2 aromatic rings. The van der Waals surface area contributed by atoms with Crippen molar-refractivity contribution in [3.63, 3.8) is 0 Å². The summed E-state index contributed by atoms with van der Waals surface area (Å²) in [4.78, 5) is 28.8. The van der Waals surface area contributed by atoms with Crippen molar-refractivity contribution in [2.24, 2.45) is 5.92 Å². The van der Waals surface area contributed by atoms with E-state index in [9.17, 15) is 9.59 Å². The van der Waals surface area contributed by atoms with Gasteiger partial charge in [-0.3, -0.25) is 14.0 Å². The zero-order chi connectivity index (χ0) is 17.8. The number of nitrogens with one attached hydrogen (secondary N) is 1. The third-order valence-corrected chi connectivity index (χ3v) is 6.05. The van der Waals surface area contributed by atoms with E-state index >= 15 is 0 Å². The number of nitrogens with zero attached hydrogens (tertiary/aromatic N) is 2. The molecule has 25 heavy (non-hydrogen) atoms. The van der Waals surface area contributed by atoms with Crippen LogP contribution in [0.1, 0.15) is 38.3 Å². The van der Waals surface area contributed by atoms with Gasteiger partial charge in [0.15, 0.2) is 0 Å². The number of aromatic nitrogens is 2. The summed E-state index contributed by atoms with van der Waals surface area (Å²) in [5, 5.41) is 3.15. The maximum atomic E-state index is 12.2. The lowest BCUT2D eigenvalue weighted by atomic mass is 9.86. The summed E-state index contributed by atoms with van der Waals surface area (Å²) in [6, 6.07) is 5.51. The lowest BCUT2D eigenvalue weighted by molar-refractivity contribution is -0.119. The van der Waals surface area contributed by atoms with Gasteiger partial charge in [-0.15, -0.1) is 11.8 Å². The summed E-state index contributed by atoms with van der Waals surface area (Å²) < 4.78 is 2.34. The van der Waals surface area contributed by atoms with E-state index in [2.05, 4.69) is 33.2 Å². The molecule has 1 aliphatic carbocycles. The third-order valence-electron chi connectivity index (χ3n) is 4.62. The Morgan fingerprint density at radius 2 is 2.20 bits per heavy atom. The molecule has 1 saturated carbocycles. The Morgan fingerprint density at radius 1 is 1.40 bits per heavy atom. The molecule has 1 N–H and O–H groups in total. The van der Waals surface area contributed by atoms with Crippen molar-refractivity contribution in [2.75, 3.05) is 5.75 Å². The van der Waals surface area contributed by atoms with Crippen LogP contribution < -0.4 is 10.9 Å². The molecule has 0 spiro atoms. The lowest BCUT2D eigenvalue weighted by Crippen LogP contribution is -2.41. The summed E-state index contributed by atoms with van der Waals surface area (Å²) >= 11 is 4.84. The maximum absolute atomic E-state index is 12.2. The van der Waals surface area contributed by atoms with Gasteiger partial charge in [0.05, 0.1) is 11.4 Å². The molecule has 0 aromatic carbocycles. The predicted octanol–water partition coefficient (Wildman–Crippen LogP) is 3.39. The van der Waals surface area contributed by atoms with E-state index in [0.29, 0.717) is 34.8 Å². The number of fused-ring (bicyclic) bond motifs is 1. The van der Waals surface area contributed by atoms with Crippen LogP contribution in [0.15, 0.2) is 33.7 Å². The number of hydrogen-bond donors (Lipinski definition) is 1. The number of rotatable bonds is 5. The van der Waals surface area contributed by atoms with Crippen molar-refractivity contribution >= 4 is 39.2 Å². The molecular formula is C18H22BrN3O2S. The molecule has 2 atom stereocenters. The first-order valence-electron chi connectivity index (χ1n) is 8.58. The Bertz CT molecular complexity index is 824. The van der Waals surface area contributed by atoms with Crippen LogP contribution in [0, 0.1) is 5.92 Å². The van der Waals surface area contributed by atoms with Crippen molar-refractivity contribution < 1.29 is 4.79 Å². The highest BCUT2D eigenvalue weighted by Crippen LogP contribution is 2.23. The standard InChI is InChI=1S/C18H22BrN3O2S/c1-12-4-2-3-5-15(12)21-17(23)11-25-10-14-8-18(24)22-9-13(19)6-7-16(22)20-14/h6-9,12,15H,2-5,10-11H2,1H3,(H,21,23). The molecule has 0 radical (unpaired) electrons. The largest absolute Gasteiger partial charge is 0.352 e. The van der Waals surface area contributed by atoms with Gasteiger partial charge in [0.2, 0.25) is 5.91 Å². The highest BCUT2D eigenvalue weighted by atomic mass is 79.9. The van der Waals surface area contributed by atoms with E-state index in [0.717, 1.165) is 10.9 Å². The second kappa shape index (κ2) is 8.36. The van der Waals surface area contributed by atoms with Gasteiger partial charge in [-0.1, -0.05) is 19.8 Å². The highest BCUT2D eigenvalue weighted by molar-refractivity contribution is 9.10. The van der Waals surface area contributed by atoms with Crippen LogP contribution in [0.2, 0.25) is 0 Å². The molecule has 5 nitrogen and oxygen atoms in total. The van der Waals surface area contributed by atoms with Crippen LogP contribution in [0.3, 0.4) is 0 Å². The molecule has 7 heteroatoms. The van der Waals surface area contributed by atoms with Gasteiger partial charge >= 0.3 is 0 Å². The molecule has 0 saturated heterocycles. The van der Waals surface area contributed by atoms with Gasteiger partial charge in [0.25, 0.3) is 5.56 Å². The summed E-state index contributed by atoms with van der Waals surface area (Å²) in [5.41, 5.74) is 1.21. The number of amides is 1. The normalized spacial score (nSPS) is 20.6. The molecule has 2 unspecified atom stereocenters. The average Bonchev–Trinajstić information content (AvgIpc) is 2.58. The van der Waals surface area contributed by atoms with Crippen LogP contribution in [0.5, 0.6) is 0 Å². The quantitative estimate of drug-likeness (QED) is 0.800. The van der Waals surface area contributed by atoms with E-state index in [1.807, 2.05) is 6.07 Å². The Labute approximate surface area is 159 Å². The minimum atomic E-state index is -0.109. The molecule has 1 aliphatic rings. The van der Waals surface area contributed by atoms with Crippen LogP contribution in [0.4, 0.5) is 0 Å². The molecule has 3 rings (SSSR count). The van der Waals surface area contributed by atoms with Gasteiger partial charge in [0.1, 0.15) is 5.65 Å². The van der Waals surface area contributed by atoms with Gasteiger partial charge in [-0.2, -0.15) is 0 Å². The molecule has 0 aliphatic heterocycles. The zero-order valence-corrected chi connectivity index (χ0v) is 16.6. The van der Waals surface area contributed by atoms with Crippen molar-refractivity contribution in [1.82, 2.24) is 14.7 Å². The number of pyridine rings is 1. The Balaban J connectivity index is 1.55. The molecule has 1 amide bonds. The molecule has 0 bridgehead atoms. The second-order valence-corrected chi connectivity index (χ2v) is 8.49. The Hall–Kier alpha value is -1.34. The van der Waals surface area contributed by atoms with Gasteiger partial charge in [-0.25, -0.2) is 4.98 Å². The van der Waals surface area contributed by atoms with Crippen molar-refractivity contribution in [1.29, 1.82) is 0 Å². The van der Waals surface area contributed by atoms with Crippen molar-refractivity contribution in [3.8, 4) is 0 Å². The first-order valence-corrected chi connectivity index (χ1v) is 10.5. The third kappa shape index (κ3) is 4.85. The highest BCUT2D eigenvalue weighted by Gasteiger charge is 2.22. The van der Waals surface area contributed by atoms with Gasteiger partial charge in [0, 0.05) is 28.5 Å². The van der Waals surface area contributed by atoms with E-state index in [-0.39, 0.29) is 11.5 Å². The van der Waals surface area contributed by atoms with Crippen LogP contribution in [0.25, 0.3) is 5.65 Å². The zero-order valence-electron chi connectivity index (χ0n) is 14.2. The molecule has 134 valence electrons. The van der Waals surface area contributed by atoms with Crippen LogP contribution in [-0.4, -0.2) is 27.1 Å². The topological polar surface area (TPSA) is 63.5 Å². The second-order valence-electron chi connectivity index (χ2n) is 6.59. The number of halogens is 1. The first-order chi connectivity index (χ1) is 12.0. The predicted molar refractivity (Wildman–Crippen MR) is 105 cm³/mol. The number of thioether (sulfide) groups is 1. The smallest absolute Gasteiger partial charge is 0.258 e. The summed E-state index contributed by atoms with van der Waals surface area (Å²) in [6.45, 7) is 2.21. The molecular weight excluding hydrogens is 402 g/mol. The van der Waals surface area contributed by atoms with Crippen molar-refractivity contribution in [2.45, 2.75) is 44.4 Å².